The predicted octanol–water partition coefficient (Wildman–Crippen LogP) is 1.52. The van der Waals surface area contributed by atoms with Gasteiger partial charge in [0, 0.05) is 49.7 Å². The van der Waals surface area contributed by atoms with Gasteiger partial charge in [-0.25, -0.2) is 0 Å². The van der Waals surface area contributed by atoms with Gasteiger partial charge in [-0.1, -0.05) is 6.07 Å². The maximum atomic E-state index is 5.56. The molecule has 3 rings (SSSR count). The summed E-state index contributed by atoms with van der Waals surface area (Å²) in [6.07, 6.45) is 3.56. The second-order valence-corrected chi connectivity index (χ2v) is 5.80. The summed E-state index contributed by atoms with van der Waals surface area (Å²) in [6.45, 7) is 7.79. The van der Waals surface area contributed by atoms with Crippen LogP contribution in [-0.4, -0.2) is 50.7 Å². The van der Waals surface area contributed by atoms with Gasteiger partial charge < -0.3 is 16.0 Å². The quantitative estimate of drug-likeness (QED) is 0.799. The number of rotatable bonds is 5. The molecule has 4 nitrogen and oxygen atoms in total. The molecule has 0 bridgehead atoms. The topological polar surface area (TPSA) is 44.5 Å². The molecule has 1 aromatic rings. The second-order valence-electron chi connectivity index (χ2n) is 5.80. The lowest BCUT2D eigenvalue weighted by atomic mass is 10.1. The summed E-state index contributed by atoms with van der Waals surface area (Å²) in [7, 11) is 0. The van der Waals surface area contributed by atoms with Crippen LogP contribution in [0.5, 0.6) is 0 Å². The monoisotopic (exact) mass is 274 g/mol. The fourth-order valence-corrected chi connectivity index (χ4v) is 3.31. The number of nitrogens with zero attached hydrogens (tertiary/aromatic N) is 2. The number of unbranched alkanes of at least 4 members (excludes halogenated alkanes) is 1. The highest BCUT2D eigenvalue weighted by Gasteiger charge is 2.21. The van der Waals surface area contributed by atoms with Crippen LogP contribution < -0.4 is 16.0 Å². The molecular formula is C16H26N4. The lowest BCUT2D eigenvalue weighted by Gasteiger charge is -2.37. The van der Waals surface area contributed by atoms with Crippen molar-refractivity contribution in [3.05, 3.63) is 23.8 Å². The number of benzene rings is 1. The summed E-state index contributed by atoms with van der Waals surface area (Å²) in [5.41, 5.74) is 9.87. The van der Waals surface area contributed by atoms with E-state index >= 15 is 0 Å². The van der Waals surface area contributed by atoms with Crippen molar-refractivity contribution < 1.29 is 0 Å². The highest BCUT2D eigenvalue weighted by atomic mass is 15.3. The molecule has 1 saturated heterocycles. The lowest BCUT2D eigenvalue weighted by Crippen LogP contribution is -2.46. The van der Waals surface area contributed by atoms with Crippen LogP contribution in [-0.2, 0) is 6.42 Å². The third kappa shape index (κ3) is 2.91. The first kappa shape index (κ1) is 13.7. The zero-order valence-electron chi connectivity index (χ0n) is 12.3. The maximum Gasteiger partial charge on any atom is 0.0421 e. The Bertz CT molecular complexity index is 438. The molecule has 0 unspecified atom stereocenters. The minimum Gasteiger partial charge on any atom is -0.384 e. The molecule has 0 aliphatic carbocycles. The molecule has 2 heterocycles. The zero-order valence-corrected chi connectivity index (χ0v) is 12.3. The molecule has 0 aromatic heterocycles. The molecule has 4 heteroatoms. The summed E-state index contributed by atoms with van der Waals surface area (Å²) >= 11 is 0. The molecule has 110 valence electrons. The van der Waals surface area contributed by atoms with Crippen molar-refractivity contribution in [1.29, 1.82) is 0 Å². The third-order valence-corrected chi connectivity index (χ3v) is 4.48. The van der Waals surface area contributed by atoms with E-state index in [1.807, 2.05) is 0 Å². The highest BCUT2D eigenvalue weighted by molar-refractivity contribution is 5.69. The van der Waals surface area contributed by atoms with Gasteiger partial charge in [-0.3, -0.25) is 4.90 Å². The first-order chi connectivity index (χ1) is 9.88. The molecule has 1 fully saturated rings. The minimum absolute atomic E-state index is 0.823. The summed E-state index contributed by atoms with van der Waals surface area (Å²) in [4.78, 5) is 5.14. The highest BCUT2D eigenvalue weighted by Crippen LogP contribution is 2.32. The Morgan fingerprint density at radius 3 is 2.75 bits per heavy atom. The number of anilines is 2. The Kier molecular flexibility index (Phi) is 4.43. The van der Waals surface area contributed by atoms with E-state index in [9.17, 15) is 0 Å². The van der Waals surface area contributed by atoms with Crippen molar-refractivity contribution in [2.24, 2.45) is 5.73 Å². The zero-order chi connectivity index (χ0) is 13.8. The first-order valence-corrected chi connectivity index (χ1v) is 7.91. The molecule has 0 radical (unpaired) electrons. The second kappa shape index (κ2) is 6.46. The van der Waals surface area contributed by atoms with Crippen molar-refractivity contribution in [3.8, 4) is 0 Å². The van der Waals surface area contributed by atoms with Gasteiger partial charge in [0.15, 0.2) is 0 Å². The van der Waals surface area contributed by atoms with Gasteiger partial charge >= 0.3 is 0 Å². The van der Waals surface area contributed by atoms with E-state index in [4.69, 9.17) is 5.73 Å². The molecule has 3 N–H and O–H groups in total. The number of nitrogens with one attached hydrogen (secondary N) is 1. The summed E-state index contributed by atoms with van der Waals surface area (Å²) in [5.74, 6) is 0. The van der Waals surface area contributed by atoms with Crippen LogP contribution in [0.4, 0.5) is 11.4 Å². The average molecular weight is 274 g/mol. The van der Waals surface area contributed by atoms with E-state index in [2.05, 4.69) is 33.3 Å². The largest absolute Gasteiger partial charge is 0.384 e. The van der Waals surface area contributed by atoms with E-state index < -0.39 is 0 Å². The number of fused-ring (bicyclic) bond motifs is 1. The van der Waals surface area contributed by atoms with Gasteiger partial charge in [0.1, 0.15) is 0 Å². The summed E-state index contributed by atoms with van der Waals surface area (Å²) in [6, 6.07) is 6.67. The molecule has 1 aromatic carbocycles. The van der Waals surface area contributed by atoms with Gasteiger partial charge in [-0.05, 0) is 44.5 Å². The summed E-state index contributed by atoms with van der Waals surface area (Å²) < 4.78 is 0. The van der Waals surface area contributed by atoms with Crippen LogP contribution >= 0.6 is 0 Å². The smallest absolute Gasteiger partial charge is 0.0421 e. The molecule has 20 heavy (non-hydrogen) atoms. The molecule has 0 saturated carbocycles. The molecule has 0 amide bonds. The van der Waals surface area contributed by atoms with Crippen LogP contribution in [0.15, 0.2) is 18.2 Å². The van der Waals surface area contributed by atoms with Crippen LogP contribution in [0.3, 0.4) is 0 Å². The fraction of sp³-hybridized carbons (Fsp3) is 0.625. The van der Waals surface area contributed by atoms with Crippen molar-refractivity contribution in [2.75, 3.05) is 56.0 Å². The predicted molar refractivity (Wildman–Crippen MR) is 85.6 cm³/mol. The van der Waals surface area contributed by atoms with Gasteiger partial charge in [-0.15, -0.1) is 0 Å². The molecule has 0 atom stereocenters. The SMILES string of the molecule is NCCCCN1CCN(c2cccc3c2CCN3)CC1. The number of hydrogen-bond donors (Lipinski definition) is 2. The van der Waals surface area contributed by atoms with Crippen LogP contribution in [0, 0.1) is 0 Å². The molecule has 2 aliphatic rings. The fourth-order valence-electron chi connectivity index (χ4n) is 3.31. The molecular weight excluding hydrogens is 248 g/mol. The Morgan fingerprint density at radius 2 is 1.95 bits per heavy atom. The van der Waals surface area contributed by atoms with Crippen LogP contribution in [0.1, 0.15) is 18.4 Å². The van der Waals surface area contributed by atoms with Gasteiger partial charge in [0.25, 0.3) is 0 Å². The van der Waals surface area contributed by atoms with Crippen molar-refractivity contribution in [3.63, 3.8) is 0 Å². The Balaban J connectivity index is 1.57. The van der Waals surface area contributed by atoms with E-state index in [0.717, 1.165) is 32.6 Å². The van der Waals surface area contributed by atoms with Crippen LogP contribution in [0.25, 0.3) is 0 Å². The normalized spacial score (nSPS) is 18.9. The molecule has 0 spiro atoms. The number of hydrogen-bond acceptors (Lipinski definition) is 4. The standard InChI is InChI=1S/C16H26N4/c17-7-1-2-9-19-10-12-20(13-11-19)16-5-3-4-15-14(16)6-8-18-15/h3-5,18H,1-2,6-13,17H2. The summed E-state index contributed by atoms with van der Waals surface area (Å²) in [5, 5.41) is 3.47. The Labute approximate surface area is 121 Å². The number of nitrogens with two attached hydrogens (primary N) is 1. The maximum absolute atomic E-state index is 5.56. The molecule has 2 aliphatic heterocycles. The Morgan fingerprint density at radius 1 is 1.10 bits per heavy atom. The van der Waals surface area contributed by atoms with E-state index in [-0.39, 0.29) is 0 Å². The lowest BCUT2D eigenvalue weighted by molar-refractivity contribution is 0.253. The van der Waals surface area contributed by atoms with Crippen LogP contribution in [0.2, 0.25) is 0 Å². The van der Waals surface area contributed by atoms with E-state index in [1.54, 1.807) is 0 Å². The van der Waals surface area contributed by atoms with Crippen molar-refractivity contribution in [1.82, 2.24) is 4.90 Å². The van der Waals surface area contributed by atoms with Gasteiger partial charge in [0.05, 0.1) is 0 Å². The number of piperazine rings is 1. The van der Waals surface area contributed by atoms with E-state index in [0.29, 0.717) is 0 Å². The first-order valence-electron chi connectivity index (χ1n) is 7.91. The van der Waals surface area contributed by atoms with Crippen molar-refractivity contribution in [2.45, 2.75) is 19.3 Å². The third-order valence-electron chi connectivity index (χ3n) is 4.48. The average Bonchev–Trinajstić information content (AvgIpc) is 2.97. The van der Waals surface area contributed by atoms with E-state index in [1.165, 1.54) is 49.4 Å². The Hall–Kier alpha value is -1.26. The van der Waals surface area contributed by atoms with Gasteiger partial charge in [-0.2, -0.15) is 0 Å². The minimum atomic E-state index is 0.823. The van der Waals surface area contributed by atoms with Gasteiger partial charge in [0.2, 0.25) is 0 Å². The van der Waals surface area contributed by atoms with Crippen molar-refractivity contribution >= 4 is 11.4 Å².